The molecule has 136 valence electrons. The summed E-state index contributed by atoms with van der Waals surface area (Å²) in [6, 6.07) is 9.27. The van der Waals surface area contributed by atoms with E-state index in [9.17, 15) is 0 Å². The molecular weight excluding hydrogens is 381 g/mol. The predicted octanol–water partition coefficient (Wildman–Crippen LogP) is 5.78. The van der Waals surface area contributed by atoms with Gasteiger partial charge < -0.3 is 14.8 Å². The van der Waals surface area contributed by atoms with Crippen molar-refractivity contribution in [3.05, 3.63) is 56.5 Å². The van der Waals surface area contributed by atoms with Crippen molar-refractivity contribution < 1.29 is 9.47 Å². The average Bonchev–Trinajstić information content (AvgIpc) is 2.59. The molecule has 0 aliphatic rings. The predicted molar refractivity (Wildman–Crippen MR) is 106 cm³/mol. The van der Waals surface area contributed by atoms with Gasteiger partial charge in [-0.05, 0) is 48.7 Å². The lowest BCUT2D eigenvalue weighted by Crippen LogP contribution is -2.17. The van der Waals surface area contributed by atoms with Gasteiger partial charge >= 0.3 is 0 Å². The number of nitrogens with one attached hydrogen (secondary N) is 1. The summed E-state index contributed by atoms with van der Waals surface area (Å²) in [6.45, 7) is 4.09. The van der Waals surface area contributed by atoms with Crippen molar-refractivity contribution in [2.75, 3.05) is 20.3 Å². The zero-order chi connectivity index (χ0) is 18.2. The second-order valence-corrected chi connectivity index (χ2v) is 6.86. The third kappa shape index (κ3) is 5.96. The first kappa shape index (κ1) is 20.2. The first-order valence-corrected chi connectivity index (χ1v) is 9.32. The molecule has 0 aliphatic heterocycles. The molecule has 0 aromatic heterocycles. The van der Waals surface area contributed by atoms with E-state index in [1.807, 2.05) is 24.3 Å². The second-order valence-electron chi connectivity index (χ2n) is 5.61. The Balaban J connectivity index is 1.93. The van der Waals surface area contributed by atoms with Crippen LogP contribution >= 0.6 is 34.8 Å². The molecule has 0 bridgehead atoms. The number of benzene rings is 2. The number of hydrogen-bond donors (Lipinski definition) is 1. The van der Waals surface area contributed by atoms with Crippen LogP contribution in [0.3, 0.4) is 0 Å². The van der Waals surface area contributed by atoms with Crippen molar-refractivity contribution >= 4 is 34.8 Å². The van der Waals surface area contributed by atoms with E-state index >= 15 is 0 Å². The molecule has 0 saturated heterocycles. The monoisotopic (exact) mass is 401 g/mol. The minimum atomic E-state index is 0.631. The van der Waals surface area contributed by atoms with Crippen LogP contribution in [0.2, 0.25) is 15.1 Å². The first-order valence-electron chi connectivity index (χ1n) is 8.19. The van der Waals surface area contributed by atoms with Crippen LogP contribution in [0.1, 0.15) is 24.5 Å². The molecule has 0 heterocycles. The quantitative estimate of drug-likeness (QED) is 0.540. The molecule has 0 aliphatic carbocycles. The minimum Gasteiger partial charge on any atom is -0.493 e. The van der Waals surface area contributed by atoms with Crippen LogP contribution in [0, 0.1) is 0 Å². The Morgan fingerprint density at radius 2 is 1.72 bits per heavy atom. The molecule has 0 fully saturated rings. The highest BCUT2D eigenvalue weighted by Gasteiger charge is 2.10. The normalized spacial score (nSPS) is 10.8. The standard InChI is InChI=1S/C19H22Cl3NO2/c1-3-8-25-19-11-17(22)14(9-18(19)24-2)12-23-7-6-13-4-5-15(20)10-16(13)21/h4-5,9-11,23H,3,6-8,12H2,1-2H3. The molecule has 2 rings (SSSR count). The Labute approximate surface area is 164 Å². The maximum Gasteiger partial charge on any atom is 0.162 e. The zero-order valence-corrected chi connectivity index (χ0v) is 16.6. The van der Waals surface area contributed by atoms with E-state index in [4.69, 9.17) is 44.3 Å². The maximum atomic E-state index is 6.36. The van der Waals surface area contributed by atoms with Crippen molar-refractivity contribution in [1.29, 1.82) is 0 Å². The van der Waals surface area contributed by atoms with E-state index in [1.54, 1.807) is 13.2 Å². The summed E-state index contributed by atoms with van der Waals surface area (Å²) >= 11 is 18.5. The van der Waals surface area contributed by atoms with Gasteiger partial charge in [-0.2, -0.15) is 0 Å². The smallest absolute Gasteiger partial charge is 0.162 e. The third-order valence-corrected chi connectivity index (χ3v) is 4.63. The molecular formula is C19H22Cl3NO2. The molecule has 0 unspecified atom stereocenters. The minimum absolute atomic E-state index is 0.631. The number of hydrogen-bond acceptors (Lipinski definition) is 3. The number of rotatable bonds is 9. The van der Waals surface area contributed by atoms with Gasteiger partial charge in [0.15, 0.2) is 11.5 Å². The van der Waals surface area contributed by atoms with Gasteiger partial charge in [0.2, 0.25) is 0 Å². The Hall–Kier alpha value is -1.13. The topological polar surface area (TPSA) is 30.5 Å². The summed E-state index contributed by atoms with van der Waals surface area (Å²) in [5.74, 6) is 1.36. The molecule has 6 heteroatoms. The number of halogens is 3. The van der Waals surface area contributed by atoms with Gasteiger partial charge in [0, 0.05) is 27.7 Å². The van der Waals surface area contributed by atoms with Gasteiger partial charge in [0.25, 0.3) is 0 Å². The van der Waals surface area contributed by atoms with Gasteiger partial charge in [0.1, 0.15) is 0 Å². The molecule has 25 heavy (non-hydrogen) atoms. The van der Waals surface area contributed by atoms with Crippen LogP contribution in [0.25, 0.3) is 0 Å². The van der Waals surface area contributed by atoms with E-state index in [0.29, 0.717) is 39.7 Å². The first-order chi connectivity index (χ1) is 12.0. The highest BCUT2D eigenvalue weighted by Crippen LogP contribution is 2.33. The van der Waals surface area contributed by atoms with Gasteiger partial charge in [0.05, 0.1) is 13.7 Å². The van der Waals surface area contributed by atoms with Crippen LogP contribution in [-0.2, 0) is 13.0 Å². The Bertz CT molecular complexity index is 707. The average molecular weight is 403 g/mol. The summed E-state index contributed by atoms with van der Waals surface area (Å²) < 4.78 is 11.1. The number of methoxy groups -OCH3 is 1. The largest absolute Gasteiger partial charge is 0.493 e. The third-order valence-electron chi connectivity index (χ3n) is 3.70. The molecule has 0 saturated carbocycles. The molecule has 2 aromatic carbocycles. The summed E-state index contributed by atoms with van der Waals surface area (Å²) in [7, 11) is 1.63. The van der Waals surface area contributed by atoms with E-state index in [2.05, 4.69) is 12.2 Å². The van der Waals surface area contributed by atoms with Crippen molar-refractivity contribution in [1.82, 2.24) is 5.32 Å². The highest BCUT2D eigenvalue weighted by atomic mass is 35.5. The fourth-order valence-electron chi connectivity index (χ4n) is 2.37. The van der Waals surface area contributed by atoms with Crippen molar-refractivity contribution in [3.63, 3.8) is 0 Å². The van der Waals surface area contributed by atoms with Crippen LogP contribution in [0.4, 0.5) is 0 Å². The van der Waals surface area contributed by atoms with Crippen LogP contribution in [0.15, 0.2) is 30.3 Å². The van der Waals surface area contributed by atoms with E-state index in [0.717, 1.165) is 30.5 Å². The Morgan fingerprint density at radius 3 is 2.40 bits per heavy atom. The molecule has 2 aromatic rings. The van der Waals surface area contributed by atoms with Crippen molar-refractivity contribution in [2.24, 2.45) is 0 Å². The van der Waals surface area contributed by atoms with E-state index in [1.165, 1.54) is 0 Å². The van der Waals surface area contributed by atoms with Gasteiger partial charge in [-0.1, -0.05) is 47.8 Å². The van der Waals surface area contributed by atoms with E-state index < -0.39 is 0 Å². The van der Waals surface area contributed by atoms with Crippen molar-refractivity contribution in [3.8, 4) is 11.5 Å². The Morgan fingerprint density at radius 1 is 0.960 bits per heavy atom. The molecule has 0 spiro atoms. The molecule has 0 amide bonds. The SMILES string of the molecule is CCCOc1cc(Cl)c(CNCCc2ccc(Cl)cc2Cl)cc1OC. The van der Waals surface area contributed by atoms with Crippen LogP contribution in [0.5, 0.6) is 11.5 Å². The summed E-state index contributed by atoms with van der Waals surface area (Å²) in [4.78, 5) is 0. The lowest BCUT2D eigenvalue weighted by Gasteiger charge is -2.14. The maximum absolute atomic E-state index is 6.36. The molecule has 3 nitrogen and oxygen atoms in total. The van der Waals surface area contributed by atoms with Gasteiger partial charge in [-0.15, -0.1) is 0 Å². The Kier molecular flexibility index (Phi) is 8.17. The van der Waals surface area contributed by atoms with Crippen LogP contribution < -0.4 is 14.8 Å². The molecule has 0 radical (unpaired) electrons. The summed E-state index contributed by atoms with van der Waals surface area (Å²) in [5.41, 5.74) is 2.02. The van der Waals surface area contributed by atoms with Gasteiger partial charge in [-0.25, -0.2) is 0 Å². The fraction of sp³-hybridized carbons (Fsp3) is 0.368. The fourth-order valence-corrected chi connectivity index (χ4v) is 3.09. The van der Waals surface area contributed by atoms with Crippen molar-refractivity contribution in [2.45, 2.75) is 26.3 Å². The summed E-state index contributed by atoms with van der Waals surface area (Å²) in [5, 5.41) is 5.36. The molecule has 0 atom stereocenters. The van der Waals surface area contributed by atoms with E-state index in [-0.39, 0.29) is 0 Å². The second kappa shape index (κ2) is 10.1. The number of ether oxygens (including phenoxy) is 2. The van der Waals surface area contributed by atoms with Gasteiger partial charge in [-0.3, -0.25) is 0 Å². The lowest BCUT2D eigenvalue weighted by atomic mass is 10.1. The zero-order valence-electron chi connectivity index (χ0n) is 14.4. The van der Waals surface area contributed by atoms with Crippen LogP contribution in [-0.4, -0.2) is 20.3 Å². The molecule has 1 N–H and O–H groups in total. The highest BCUT2D eigenvalue weighted by molar-refractivity contribution is 6.35. The lowest BCUT2D eigenvalue weighted by molar-refractivity contribution is 0.294. The summed E-state index contributed by atoms with van der Waals surface area (Å²) in [6.07, 6.45) is 1.74.